The van der Waals surface area contributed by atoms with Crippen molar-refractivity contribution in [1.82, 2.24) is 9.80 Å². The molecule has 2 aromatic rings. The van der Waals surface area contributed by atoms with Crippen molar-refractivity contribution in [3.05, 3.63) is 63.9 Å². The highest BCUT2D eigenvalue weighted by atomic mass is 35.5. The van der Waals surface area contributed by atoms with Gasteiger partial charge >= 0.3 is 0 Å². The molecule has 5 nitrogen and oxygen atoms in total. The lowest BCUT2D eigenvalue weighted by atomic mass is 9.78. The zero-order valence-corrected chi connectivity index (χ0v) is 20.6. The van der Waals surface area contributed by atoms with E-state index in [9.17, 15) is 22.8 Å². The van der Waals surface area contributed by atoms with E-state index in [0.717, 1.165) is 44.5 Å². The van der Waals surface area contributed by atoms with Gasteiger partial charge in [0.15, 0.2) is 0 Å². The highest BCUT2D eigenvalue weighted by Gasteiger charge is 2.33. The molecule has 0 N–H and O–H groups in total. The van der Waals surface area contributed by atoms with E-state index in [1.165, 1.54) is 9.80 Å². The summed E-state index contributed by atoms with van der Waals surface area (Å²) >= 11 is 6.38. The number of hydrogen-bond donors (Lipinski definition) is 0. The SMILES string of the molecule is CN(C)C(=O)c1ccc(N2CCC(C3CCN(C(=O)c4c(F)cc(F)cc4F)CC3)CC2)cc1Cl. The molecule has 9 heteroatoms. The van der Waals surface area contributed by atoms with Crippen LogP contribution in [0.4, 0.5) is 18.9 Å². The van der Waals surface area contributed by atoms with Crippen molar-refractivity contribution in [1.29, 1.82) is 0 Å². The lowest BCUT2D eigenvalue weighted by Crippen LogP contribution is -2.43. The van der Waals surface area contributed by atoms with Gasteiger partial charge in [0.25, 0.3) is 11.8 Å². The van der Waals surface area contributed by atoms with Gasteiger partial charge in [0.05, 0.1) is 10.6 Å². The first kappa shape index (κ1) is 25.4. The monoisotopic (exact) mass is 507 g/mol. The zero-order valence-electron chi connectivity index (χ0n) is 19.9. The van der Waals surface area contributed by atoms with Crippen LogP contribution in [0.5, 0.6) is 0 Å². The van der Waals surface area contributed by atoms with E-state index in [2.05, 4.69) is 4.90 Å². The van der Waals surface area contributed by atoms with Crippen molar-refractivity contribution in [3.8, 4) is 0 Å². The van der Waals surface area contributed by atoms with Gasteiger partial charge in [-0.3, -0.25) is 9.59 Å². The molecule has 4 rings (SSSR count). The van der Waals surface area contributed by atoms with Crippen LogP contribution in [0.3, 0.4) is 0 Å². The molecule has 0 unspecified atom stereocenters. The minimum atomic E-state index is -1.17. The van der Waals surface area contributed by atoms with Gasteiger partial charge in [0, 0.05) is 58.1 Å². The largest absolute Gasteiger partial charge is 0.371 e. The number of rotatable bonds is 4. The Hall–Kier alpha value is -2.74. The van der Waals surface area contributed by atoms with Crippen LogP contribution in [-0.4, -0.2) is 61.9 Å². The molecule has 0 aliphatic carbocycles. The molecule has 2 fully saturated rings. The van der Waals surface area contributed by atoms with Crippen molar-refractivity contribution in [2.75, 3.05) is 45.2 Å². The summed E-state index contributed by atoms with van der Waals surface area (Å²) in [6.07, 6.45) is 3.54. The Kier molecular flexibility index (Phi) is 7.59. The Bertz CT molecular complexity index is 1090. The molecule has 0 spiro atoms. The third-order valence-corrected chi connectivity index (χ3v) is 7.52. The summed E-state index contributed by atoms with van der Waals surface area (Å²) in [6.45, 7) is 2.59. The number of nitrogens with zero attached hydrogens (tertiary/aromatic N) is 3. The molecule has 0 saturated carbocycles. The topological polar surface area (TPSA) is 43.9 Å². The number of carbonyl (C=O) groups excluding carboxylic acids is 2. The van der Waals surface area contributed by atoms with E-state index >= 15 is 0 Å². The minimum absolute atomic E-state index is 0.130. The summed E-state index contributed by atoms with van der Waals surface area (Å²) < 4.78 is 41.2. The molecule has 0 bridgehead atoms. The quantitative estimate of drug-likeness (QED) is 0.569. The fraction of sp³-hybridized carbons (Fsp3) is 0.462. The van der Waals surface area contributed by atoms with E-state index in [0.29, 0.717) is 47.6 Å². The highest BCUT2D eigenvalue weighted by Crippen LogP contribution is 2.35. The van der Waals surface area contributed by atoms with Crippen molar-refractivity contribution in [2.45, 2.75) is 25.7 Å². The maximum atomic E-state index is 14.0. The van der Waals surface area contributed by atoms with Crippen LogP contribution in [0.25, 0.3) is 0 Å². The van der Waals surface area contributed by atoms with Gasteiger partial charge in [-0.1, -0.05) is 11.6 Å². The Morgan fingerprint density at radius 1 is 0.886 bits per heavy atom. The number of halogens is 4. The summed E-state index contributed by atoms with van der Waals surface area (Å²) in [5, 5.41) is 0.439. The van der Waals surface area contributed by atoms with Crippen LogP contribution in [0.1, 0.15) is 46.4 Å². The molecule has 0 aromatic heterocycles. The molecule has 188 valence electrons. The molecule has 2 heterocycles. The summed E-state index contributed by atoms with van der Waals surface area (Å²) in [6, 6.07) is 6.62. The second kappa shape index (κ2) is 10.5. The minimum Gasteiger partial charge on any atom is -0.371 e. The number of likely N-dealkylation sites (tertiary alicyclic amines) is 1. The molecule has 35 heavy (non-hydrogen) atoms. The third kappa shape index (κ3) is 5.42. The van der Waals surface area contributed by atoms with E-state index in [4.69, 9.17) is 11.6 Å². The predicted octanol–water partition coefficient (Wildman–Crippen LogP) is 5.23. The van der Waals surface area contributed by atoms with Gasteiger partial charge in [-0.15, -0.1) is 0 Å². The summed E-state index contributed by atoms with van der Waals surface area (Å²) in [4.78, 5) is 30.1. The van der Waals surface area contributed by atoms with Gasteiger partial charge in [-0.2, -0.15) is 0 Å². The Balaban J connectivity index is 1.31. The molecular formula is C26H29ClF3N3O2. The summed E-state index contributed by atoms with van der Waals surface area (Å²) in [5.74, 6) is -3.28. The molecule has 0 radical (unpaired) electrons. The normalized spacial score (nSPS) is 17.5. The predicted molar refractivity (Wildman–Crippen MR) is 129 cm³/mol. The molecule has 2 amide bonds. The second-order valence-corrected chi connectivity index (χ2v) is 9.97. The third-order valence-electron chi connectivity index (χ3n) is 7.21. The second-order valence-electron chi connectivity index (χ2n) is 9.56. The van der Waals surface area contributed by atoms with Gasteiger partial charge in [0.2, 0.25) is 0 Å². The number of carbonyl (C=O) groups is 2. The van der Waals surface area contributed by atoms with E-state index in [-0.39, 0.29) is 5.91 Å². The van der Waals surface area contributed by atoms with Crippen LogP contribution in [0, 0.1) is 29.3 Å². The van der Waals surface area contributed by atoms with Crippen LogP contribution in [-0.2, 0) is 0 Å². The van der Waals surface area contributed by atoms with Crippen molar-refractivity contribution < 1.29 is 22.8 Å². The smallest absolute Gasteiger partial charge is 0.259 e. The van der Waals surface area contributed by atoms with Crippen molar-refractivity contribution >= 4 is 29.1 Å². The summed E-state index contributed by atoms with van der Waals surface area (Å²) in [5.41, 5.74) is 0.791. The van der Waals surface area contributed by atoms with Crippen molar-refractivity contribution in [3.63, 3.8) is 0 Å². The van der Waals surface area contributed by atoms with Crippen LogP contribution in [0.15, 0.2) is 30.3 Å². The fourth-order valence-corrected chi connectivity index (χ4v) is 5.48. The average Bonchev–Trinajstić information content (AvgIpc) is 2.83. The maximum Gasteiger partial charge on any atom is 0.259 e. The van der Waals surface area contributed by atoms with Gasteiger partial charge < -0.3 is 14.7 Å². The van der Waals surface area contributed by atoms with E-state index in [1.54, 1.807) is 20.2 Å². The number of amides is 2. The van der Waals surface area contributed by atoms with Crippen molar-refractivity contribution in [2.24, 2.45) is 11.8 Å². The lowest BCUT2D eigenvalue weighted by molar-refractivity contribution is 0.0635. The lowest BCUT2D eigenvalue weighted by Gasteiger charge is -2.41. The first-order valence-corrected chi connectivity index (χ1v) is 12.2. The van der Waals surface area contributed by atoms with Gasteiger partial charge in [-0.25, -0.2) is 13.2 Å². The maximum absolute atomic E-state index is 14.0. The number of piperidine rings is 2. The Morgan fingerprint density at radius 2 is 1.43 bits per heavy atom. The van der Waals surface area contributed by atoms with Gasteiger partial charge in [0.1, 0.15) is 23.0 Å². The fourth-order valence-electron chi connectivity index (χ4n) is 5.22. The first-order valence-electron chi connectivity index (χ1n) is 11.9. The average molecular weight is 508 g/mol. The number of benzene rings is 2. The van der Waals surface area contributed by atoms with E-state index < -0.39 is 28.9 Å². The molecule has 0 atom stereocenters. The zero-order chi connectivity index (χ0) is 25.3. The van der Waals surface area contributed by atoms with Crippen LogP contribution < -0.4 is 4.90 Å². The number of hydrogen-bond acceptors (Lipinski definition) is 3. The highest BCUT2D eigenvalue weighted by molar-refractivity contribution is 6.34. The standard InChI is InChI=1S/C26H29ClF3N3O2/c1-31(2)25(34)20-4-3-19(15-21(20)27)32-9-5-16(6-10-32)17-7-11-33(12-8-17)26(35)24-22(29)13-18(28)14-23(24)30/h3-4,13-17H,5-12H2,1-2H3. The first-order chi connectivity index (χ1) is 16.7. The van der Waals surface area contributed by atoms with Crippen LogP contribution in [0.2, 0.25) is 5.02 Å². The Morgan fingerprint density at radius 3 is 1.94 bits per heavy atom. The molecule has 2 aliphatic heterocycles. The molecule has 2 saturated heterocycles. The van der Waals surface area contributed by atoms with Crippen LogP contribution >= 0.6 is 11.6 Å². The molecule has 2 aromatic carbocycles. The van der Waals surface area contributed by atoms with Gasteiger partial charge in [-0.05, 0) is 55.7 Å². The van der Waals surface area contributed by atoms with E-state index in [1.807, 2.05) is 12.1 Å². The number of anilines is 1. The molecular weight excluding hydrogens is 479 g/mol. The summed E-state index contributed by atoms with van der Waals surface area (Å²) in [7, 11) is 3.38. The molecule has 2 aliphatic rings. The Labute approximate surface area is 208 Å².